The molecule has 19 heavy (non-hydrogen) atoms. The summed E-state index contributed by atoms with van der Waals surface area (Å²) < 4.78 is 2.70. The Labute approximate surface area is 118 Å². The van der Waals surface area contributed by atoms with Gasteiger partial charge < -0.3 is 10.0 Å². The number of halogens is 1. The van der Waals surface area contributed by atoms with Crippen LogP contribution in [-0.4, -0.2) is 39.4 Å². The van der Waals surface area contributed by atoms with Crippen molar-refractivity contribution in [3.05, 3.63) is 40.8 Å². The quantitative estimate of drug-likeness (QED) is 0.909. The monoisotopic (exact) mass is 324 g/mol. The van der Waals surface area contributed by atoms with Gasteiger partial charge in [-0.3, -0.25) is 4.68 Å². The summed E-state index contributed by atoms with van der Waals surface area (Å²) >= 11 is 3.33. The van der Waals surface area contributed by atoms with Gasteiger partial charge in [0, 0.05) is 26.0 Å². The highest BCUT2D eigenvalue weighted by molar-refractivity contribution is 9.10. The maximum absolute atomic E-state index is 11.1. The fraction of sp³-hybridized carbons (Fsp3) is 0.250. The van der Waals surface area contributed by atoms with Crippen LogP contribution in [0.25, 0.3) is 0 Å². The van der Waals surface area contributed by atoms with Crippen LogP contribution < -0.4 is 4.90 Å². The lowest BCUT2D eigenvalue weighted by molar-refractivity contribution is 0.0697. The van der Waals surface area contributed by atoms with Gasteiger partial charge in [-0.25, -0.2) is 9.78 Å². The van der Waals surface area contributed by atoms with Gasteiger partial charge in [-0.05, 0) is 28.1 Å². The molecule has 0 atom stereocenters. The van der Waals surface area contributed by atoms with E-state index in [1.54, 1.807) is 34.1 Å². The van der Waals surface area contributed by atoms with Crippen LogP contribution in [0.1, 0.15) is 10.4 Å². The van der Waals surface area contributed by atoms with Crippen LogP contribution in [0.3, 0.4) is 0 Å². The van der Waals surface area contributed by atoms with Crippen molar-refractivity contribution in [2.75, 3.05) is 18.5 Å². The highest BCUT2D eigenvalue weighted by Gasteiger charge is 2.14. The predicted octanol–water partition coefficient (Wildman–Crippen LogP) is 1.88. The Morgan fingerprint density at radius 3 is 3.00 bits per heavy atom. The van der Waals surface area contributed by atoms with Gasteiger partial charge in [0.25, 0.3) is 0 Å². The molecule has 0 aromatic carbocycles. The Hall–Kier alpha value is -1.89. The average Bonchev–Trinajstić information content (AvgIpc) is 2.81. The van der Waals surface area contributed by atoms with Crippen LogP contribution in [0.15, 0.2) is 35.2 Å². The molecule has 2 rings (SSSR count). The molecule has 0 spiro atoms. The minimum Gasteiger partial charge on any atom is -0.478 e. The summed E-state index contributed by atoms with van der Waals surface area (Å²) in [4.78, 5) is 17.0. The summed E-state index contributed by atoms with van der Waals surface area (Å²) in [7, 11) is 1.81. The highest BCUT2D eigenvalue weighted by atomic mass is 79.9. The van der Waals surface area contributed by atoms with Crippen LogP contribution >= 0.6 is 15.9 Å². The molecule has 0 aliphatic heterocycles. The van der Waals surface area contributed by atoms with Crippen molar-refractivity contribution < 1.29 is 9.90 Å². The zero-order valence-corrected chi connectivity index (χ0v) is 11.9. The van der Waals surface area contributed by atoms with Crippen molar-refractivity contribution in [2.45, 2.75) is 6.54 Å². The lowest BCUT2D eigenvalue weighted by atomic mass is 10.2. The molecule has 6 nitrogen and oxygen atoms in total. The number of nitrogens with zero attached hydrogens (tertiary/aromatic N) is 4. The summed E-state index contributed by atoms with van der Waals surface area (Å²) in [5.41, 5.74) is 0.201. The molecule has 0 saturated carbocycles. The second-order valence-electron chi connectivity index (χ2n) is 4.02. The van der Waals surface area contributed by atoms with Crippen molar-refractivity contribution in [1.82, 2.24) is 14.8 Å². The summed E-state index contributed by atoms with van der Waals surface area (Å²) in [6.07, 6.45) is 5.16. The maximum Gasteiger partial charge on any atom is 0.339 e. The molecule has 1 N–H and O–H groups in total. The minimum absolute atomic E-state index is 0.201. The first-order valence-corrected chi connectivity index (χ1v) is 6.44. The van der Waals surface area contributed by atoms with Crippen molar-refractivity contribution in [2.24, 2.45) is 0 Å². The summed E-state index contributed by atoms with van der Waals surface area (Å²) in [5.74, 6) is -0.516. The van der Waals surface area contributed by atoms with E-state index >= 15 is 0 Å². The van der Waals surface area contributed by atoms with Crippen LogP contribution in [0.5, 0.6) is 0 Å². The summed E-state index contributed by atoms with van der Waals surface area (Å²) in [6, 6.07) is 3.16. The van der Waals surface area contributed by atoms with E-state index in [9.17, 15) is 4.79 Å². The third kappa shape index (κ3) is 3.31. The van der Waals surface area contributed by atoms with Crippen LogP contribution in [-0.2, 0) is 6.54 Å². The first-order valence-electron chi connectivity index (χ1n) is 5.65. The second-order valence-corrected chi connectivity index (χ2v) is 4.94. The normalized spacial score (nSPS) is 10.4. The maximum atomic E-state index is 11.1. The molecular weight excluding hydrogens is 312 g/mol. The first-order chi connectivity index (χ1) is 9.08. The van der Waals surface area contributed by atoms with E-state index in [1.165, 1.54) is 0 Å². The Morgan fingerprint density at radius 1 is 1.58 bits per heavy atom. The molecule has 0 saturated heterocycles. The average molecular weight is 325 g/mol. The molecule has 0 radical (unpaired) electrons. The molecule has 100 valence electrons. The molecule has 0 aliphatic rings. The number of hydrogen-bond donors (Lipinski definition) is 1. The number of carboxylic acid groups (broad SMARTS) is 1. The van der Waals surface area contributed by atoms with Crippen molar-refractivity contribution >= 4 is 27.7 Å². The molecular formula is C12H13BrN4O2. The molecule has 2 aromatic rings. The van der Waals surface area contributed by atoms with E-state index in [0.29, 0.717) is 18.9 Å². The fourth-order valence-corrected chi connectivity index (χ4v) is 2.01. The lowest BCUT2D eigenvalue weighted by Gasteiger charge is -2.19. The van der Waals surface area contributed by atoms with Crippen LogP contribution in [0, 0.1) is 0 Å². The van der Waals surface area contributed by atoms with E-state index in [1.807, 2.05) is 13.2 Å². The second kappa shape index (κ2) is 5.83. The standard InChI is InChI=1S/C12H13BrN4O2/c1-16(5-6-17-8-9(13)7-15-17)11-10(12(18)19)3-2-4-14-11/h2-4,7-8H,5-6H2,1H3,(H,18,19). The molecule has 0 unspecified atom stereocenters. The number of carboxylic acids is 1. The van der Waals surface area contributed by atoms with Crippen molar-refractivity contribution in [3.8, 4) is 0 Å². The van der Waals surface area contributed by atoms with Gasteiger partial charge in [-0.15, -0.1) is 0 Å². The van der Waals surface area contributed by atoms with E-state index in [4.69, 9.17) is 5.11 Å². The molecule has 0 amide bonds. The van der Waals surface area contributed by atoms with Gasteiger partial charge in [-0.1, -0.05) is 0 Å². The van der Waals surface area contributed by atoms with Gasteiger partial charge in [0.1, 0.15) is 11.4 Å². The fourth-order valence-electron chi connectivity index (χ4n) is 1.69. The summed E-state index contributed by atoms with van der Waals surface area (Å²) in [6.45, 7) is 1.27. The molecule has 0 aliphatic carbocycles. The summed E-state index contributed by atoms with van der Waals surface area (Å²) in [5, 5.41) is 13.3. The zero-order chi connectivity index (χ0) is 13.8. The first kappa shape index (κ1) is 13.5. The van der Waals surface area contributed by atoms with Gasteiger partial charge >= 0.3 is 5.97 Å². The van der Waals surface area contributed by atoms with Crippen molar-refractivity contribution in [3.63, 3.8) is 0 Å². The number of likely N-dealkylation sites (N-methyl/N-ethyl adjacent to an activating group) is 1. The predicted molar refractivity (Wildman–Crippen MR) is 74.4 cm³/mol. The molecule has 7 heteroatoms. The largest absolute Gasteiger partial charge is 0.478 e. The highest BCUT2D eigenvalue weighted by Crippen LogP contribution is 2.15. The van der Waals surface area contributed by atoms with E-state index in [-0.39, 0.29) is 5.56 Å². The van der Waals surface area contributed by atoms with Gasteiger partial charge in [0.2, 0.25) is 0 Å². The van der Waals surface area contributed by atoms with E-state index < -0.39 is 5.97 Å². The third-order valence-electron chi connectivity index (χ3n) is 2.64. The third-order valence-corrected chi connectivity index (χ3v) is 3.05. The number of anilines is 1. The Morgan fingerprint density at radius 2 is 2.37 bits per heavy atom. The molecule has 0 bridgehead atoms. The molecule has 2 heterocycles. The number of hydrogen-bond acceptors (Lipinski definition) is 4. The molecule has 0 fully saturated rings. The van der Waals surface area contributed by atoms with Gasteiger partial charge in [0.15, 0.2) is 0 Å². The van der Waals surface area contributed by atoms with Crippen LogP contribution in [0.2, 0.25) is 0 Å². The lowest BCUT2D eigenvalue weighted by Crippen LogP contribution is -2.25. The van der Waals surface area contributed by atoms with E-state index in [0.717, 1.165) is 4.47 Å². The Bertz CT molecular complexity index is 585. The number of carbonyl (C=O) groups is 1. The van der Waals surface area contributed by atoms with Crippen molar-refractivity contribution in [1.29, 1.82) is 0 Å². The number of pyridine rings is 1. The number of rotatable bonds is 5. The van der Waals surface area contributed by atoms with E-state index in [2.05, 4.69) is 26.0 Å². The smallest absolute Gasteiger partial charge is 0.339 e. The van der Waals surface area contributed by atoms with Gasteiger partial charge in [0.05, 0.1) is 17.2 Å². The van der Waals surface area contributed by atoms with Crippen LogP contribution in [0.4, 0.5) is 5.82 Å². The minimum atomic E-state index is -0.975. The Balaban J connectivity index is 2.07. The Kier molecular flexibility index (Phi) is 4.16. The topological polar surface area (TPSA) is 71.2 Å². The van der Waals surface area contributed by atoms with Gasteiger partial charge in [-0.2, -0.15) is 5.10 Å². The zero-order valence-electron chi connectivity index (χ0n) is 10.3. The number of aromatic nitrogens is 3. The molecule has 2 aromatic heterocycles. The number of aromatic carboxylic acids is 1. The SMILES string of the molecule is CN(CCn1cc(Br)cn1)c1ncccc1C(=O)O.